The highest BCUT2D eigenvalue weighted by Gasteiger charge is 2.20. The summed E-state index contributed by atoms with van der Waals surface area (Å²) in [6.07, 6.45) is -1.10. The Labute approximate surface area is 52.8 Å². The molecule has 0 aliphatic heterocycles. The fourth-order valence-electron chi connectivity index (χ4n) is 0.111. The van der Waals surface area contributed by atoms with Crippen LogP contribution in [0.4, 0.5) is 4.79 Å². The second-order valence-corrected chi connectivity index (χ2v) is 1.81. The summed E-state index contributed by atoms with van der Waals surface area (Å²) in [5.74, 6) is 0. The third kappa shape index (κ3) is 7.29. The van der Waals surface area contributed by atoms with Crippen molar-refractivity contribution in [1.29, 1.82) is 0 Å². The average Bonchev–Trinajstić information content (AvgIpc) is 1.65. The molecule has 0 aromatic carbocycles. The number of nitrogens with two attached hydrogens (primary N) is 1. The molecule has 0 aliphatic carbocycles. The number of rotatable bonds is 2. The molecular formula is C2H8N2O4P+. The van der Waals surface area contributed by atoms with Crippen molar-refractivity contribution in [3.05, 3.63) is 0 Å². The van der Waals surface area contributed by atoms with Crippen LogP contribution in [-0.2, 0) is 13.6 Å². The molecule has 9 heavy (non-hydrogen) atoms. The molecule has 5 N–H and O–H groups in total. The van der Waals surface area contributed by atoms with Crippen molar-refractivity contribution in [1.82, 2.24) is 6.15 Å². The number of hydrogen-bond donors (Lipinski definition) is 2. The van der Waals surface area contributed by atoms with Crippen LogP contribution in [0.3, 0.4) is 0 Å². The molecular weight excluding hydrogens is 147 g/mol. The van der Waals surface area contributed by atoms with E-state index in [0.717, 1.165) is 7.11 Å². The predicted octanol–water partition coefficient (Wildman–Crippen LogP) is 0.547. The van der Waals surface area contributed by atoms with Crippen molar-refractivity contribution in [2.75, 3.05) is 7.11 Å². The van der Waals surface area contributed by atoms with E-state index in [4.69, 9.17) is 0 Å². The zero-order valence-corrected chi connectivity index (χ0v) is 5.76. The molecule has 0 radical (unpaired) electrons. The number of primary amides is 1. The summed E-state index contributed by atoms with van der Waals surface area (Å²) < 4.78 is 17.9. The quantitative estimate of drug-likeness (QED) is 0.565. The molecule has 1 atom stereocenters. The van der Waals surface area contributed by atoms with Crippen molar-refractivity contribution in [2.45, 2.75) is 0 Å². The first-order chi connectivity index (χ1) is 3.66. The van der Waals surface area contributed by atoms with Crippen LogP contribution in [0.1, 0.15) is 0 Å². The van der Waals surface area contributed by atoms with Gasteiger partial charge in [-0.05, 0) is 0 Å². The Kier molecular flexibility index (Phi) is 6.71. The van der Waals surface area contributed by atoms with E-state index in [1.54, 1.807) is 0 Å². The highest BCUT2D eigenvalue weighted by Crippen LogP contribution is 2.20. The third-order valence-electron chi connectivity index (χ3n) is 0.314. The van der Waals surface area contributed by atoms with Crippen LogP contribution in [0.15, 0.2) is 0 Å². The lowest BCUT2D eigenvalue weighted by Crippen LogP contribution is -2.08. The molecule has 54 valence electrons. The molecule has 0 saturated carbocycles. The first-order valence-electron chi connectivity index (χ1n) is 1.65. The summed E-state index contributed by atoms with van der Waals surface area (Å²) >= 11 is 0. The Morgan fingerprint density at radius 2 is 2.11 bits per heavy atom. The van der Waals surface area contributed by atoms with Crippen LogP contribution in [0.25, 0.3) is 0 Å². The Bertz CT molecular complexity index is 115. The van der Waals surface area contributed by atoms with Gasteiger partial charge in [0.15, 0.2) is 0 Å². The Balaban J connectivity index is 0. The zero-order valence-electron chi connectivity index (χ0n) is 4.86. The highest BCUT2D eigenvalue weighted by molar-refractivity contribution is 7.33. The summed E-state index contributed by atoms with van der Waals surface area (Å²) in [6, 6.07) is 0. The fraction of sp³-hybridized carbons (Fsp3) is 0.500. The van der Waals surface area contributed by atoms with E-state index in [2.05, 4.69) is 14.8 Å². The van der Waals surface area contributed by atoms with Gasteiger partial charge in [0.05, 0.1) is 7.11 Å². The molecule has 0 aromatic rings. The van der Waals surface area contributed by atoms with Gasteiger partial charge in [-0.2, -0.15) is 4.52 Å². The van der Waals surface area contributed by atoms with E-state index in [0.29, 0.717) is 0 Å². The van der Waals surface area contributed by atoms with Crippen LogP contribution in [0, 0.1) is 0 Å². The van der Waals surface area contributed by atoms with Gasteiger partial charge in [-0.25, -0.2) is 4.79 Å². The van der Waals surface area contributed by atoms with Crippen molar-refractivity contribution in [2.24, 2.45) is 5.73 Å². The lowest BCUT2D eigenvalue weighted by molar-refractivity contribution is 0.204. The van der Waals surface area contributed by atoms with E-state index in [1.165, 1.54) is 0 Å². The number of carbonyl (C=O) groups excluding carboxylic acids is 1. The van der Waals surface area contributed by atoms with Gasteiger partial charge in [0.2, 0.25) is 0 Å². The minimum Gasteiger partial charge on any atom is -0.344 e. The van der Waals surface area contributed by atoms with Gasteiger partial charge < -0.3 is 11.9 Å². The van der Waals surface area contributed by atoms with Gasteiger partial charge in [0.1, 0.15) is 0 Å². The molecule has 0 rings (SSSR count). The molecule has 0 bridgehead atoms. The predicted molar refractivity (Wildman–Crippen MR) is 30.3 cm³/mol. The maximum Gasteiger partial charge on any atom is 0.754 e. The van der Waals surface area contributed by atoms with Gasteiger partial charge in [0, 0.05) is 4.57 Å². The summed E-state index contributed by atoms with van der Waals surface area (Å²) in [5, 5.41) is 0. The van der Waals surface area contributed by atoms with Crippen molar-refractivity contribution in [3.8, 4) is 0 Å². The van der Waals surface area contributed by atoms with E-state index < -0.39 is 14.3 Å². The maximum atomic E-state index is 10.0. The van der Waals surface area contributed by atoms with Gasteiger partial charge in [0.25, 0.3) is 0 Å². The molecule has 1 amide bonds. The van der Waals surface area contributed by atoms with Gasteiger partial charge in [-0.1, -0.05) is 0 Å². The summed E-state index contributed by atoms with van der Waals surface area (Å²) in [6.45, 7) is 0. The minimum atomic E-state index is -2.34. The fourth-order valence-corrected chi connectivity index (χ4v) is 0.332. The second kappa shape index (κ2) is 5.43. The summed E-state index contributed by atoms with van der Waals surface area (Å²) in [4.78, 5) is 9.70. The monoisotopic (exact) mass is 155 g/mol. The molecule has 0 fully saturated rings. The molecule has 0 saturated heterocycles. The molecule has 0 spiro atoms. The van der Waals surface area contributed by atoms with Crippen LogP contribution in [0.5, 0.6) is 0 Å². The standard InChI is InChI=1S/C2H4NO4P.H3N/c1-6-8(5)7-2(3)4;/h1H3,(H-,3,4);1H3/p+1. The van der Waals surface area contributed by atoms with E-state index >= 15 is 0 Å². The van der Waals surface area contributed by atoms with Gasteiger partial charge in [-0.15, -0.1) is 4.52 Å². The molecule has 0 heterocycles. The van der Waals surface area contributed by atoms with Crippen molar-refractivity contribution in [3.63, 3.8) is 0 Å². The Morgan fingerprint density at radius 1 is 1.67 bits per heavy atom. The molecule has 0 aliphatic rings. The minimum absolute atomic E-state index is 0. The third-order valence-corrected chi connectivity index (χ3v) is 0.941. The van der Waals surface area contributed by atoms with Crippen molar-refractivity contribution >= 4 is 14.3 Å². The van der Waals surface area contributed by atoms with Crippen LogP contribution >= 0.6 is 8.25 Å². The van der Waals surface area contributed by atoms with Crippen LogP contribution < -0.4 is 11.9 Å². The molecule has 6 nitrogen and oxygen atoms in total. The SMILES string of the molecule is CO[P+](=O)OC(N)=O.N. The Morgan fingerprint density at radius 3 is 2.22 bits per heavy atom. The van der Waals surface area contributed by atoms with E-state index in [-0.39, 0.29) is 6.15 Å². The number of amides is 1. The van der Waals surface area contributed by atoms with E-state index in [9.17, 15) is 9.36 Å². The van der Waals surface area contributed by atoms with Crippen LogP contribution in [-0.4, -0.2) is 13.2 Å². The first kappa shape index (κ1) is 11.1. The van der Waals surface area contributed by atoms with Gasteiger partial charge in [-0.3, -0.25) is 0 Å². The highest BCUT2D eigenvalue weighted by atomic mass is 31.1. The van der Waals surface area contributed by atoms with Crippen molar-refractivity contribution < 1.29 is 18.4 Å². The molecule has 0 aromatic heterocycles. The topological polar surface area (TPSA) is 114 Å². The van der Waals surface area contributed by atoms with E-state index in [1.807, 2.05) is 0 Å². The maximum absolute atomic E-state index is 10.0. The van der Waals surface area contributed by atoms with Gasteiger partial charge >= 0.3 is 14.3 Å². The Hall–Kier alpha value is -0.710. The summed E-state index contributed by atoms with van der Waals surface area (Å²) in [5.41, 5.74) is 4.44. The number of carbonyl (C=O) groups is 1. The largest absolute Gasteiger partial charge is 0.754 e. The summed E-state index contributed by atoms with van der Waals surface area (Å²) in [7, 11) is -1.20. The lowest BCUT2D eigenvalue weighted by atomic mass is 11.3. The molecule has 1 unspecified atom stereocenters. The zero-order chi connectivity index (χ0) is 6.57. The first-order valence-corrected chi connectivity index (χ1v) is 2.75. The smallest absolute Gasteiger partial charge is 0.344 e. The second-order valence-electron chi connectivity index (χ2n) is 0.817. The average molecular weight is 155 g/mol. The lowest BCUT2D eigenvalue weighted by Gasteiger charge is -1.76. The number of hydrogen-bond acceptors (Lipinski definition) is 5. The van der Waals surface area contributed by atoms with Crippen LogP contribution in [0.2, 0.25) is 0 Å². The molecule has 7 heteroatoms. The normalized spacial score (nSPS) is 9.22.